The summed E-state index contributed by atoms with van der Waals surface area (Å²) < 4.78 is 0. The van der Waals surface area contributed by atoms with Crippen LogP contribution in [-0.2, 0) is 22.4 Å². The molecule has 0 unspecified atom stereocenters. The fourth-order valence-corrected chi connectivity index (χ4v) is 0. The zero-order chi connectivity index (χ0) is 0. The zero-order valence-electron chi connectivity index (χ0n) is 0.447. The first kappa shape index (κ1) is 56.6. The minimum atomic E-state index is 0. The minimum Gasteiger partial charge on any atom is 5.00 e. The van der Waals surface area contributed by atoms with Crippen molar-refractivity contribution < 1.29 is 22.4 Å². The van der Waals surface area contributed by atoms with Crippen LogP contribution in [0, 0.1) is 0 Å². The smallest absolute Gasteiger partial charge is 5.00 e. The first-order valence-corrected chi connectivity index (χ1v) is 0. The van der Waals surface area contributed by atoms with E-state index >= 15 is 0 Å². The first-order chi connectivity index (χ1) is 0. The molecule has 0 rings (SSSR count). The van der Waals surface area contributed by atoms with Crippen molar-refractivity contribution in [1.82, 2.24) is 0 Å². The van der Waals surface area contributed by atoms with Gasteiger partial charge in [0.1, 0.15) is 0 Å². The molecule has 0 atom stereocenters. The minimum absolute atomic E-state index is 0. The van der Waals surface area contributed by atoms with E-state index in [0.29, 0.717) is 0 Å². The molecule has 0 radical (unpaired) electrons. The maximum absolute atomic E-state index is 0. The van der Waals surface area contributed by atoms with E-state index in [2.05, 4.69) is 0 Å². The second-order valence-corrected chi connectivity index (χ2v) is 0. The van der Waals surface area contributed by atoms with Crippen LogP contribution in [-0.4, -0.2) is 88.0 Å². The van der Waals surface area contributed by atoms with E-state index in [1.54, 1.807) is 0 Å². The molecule has 0 spiro atoms. The van der Waals surface area contributed by atoms with Crippen molar-refractivity contribution in [3.63, 3.8) is 0 Å². The van der Waals surface area contributed by atoms with Gasteiger partial charge in [-0.25, -0.2) is 0 Å². The van der Waals surface area contributed by atoms with Crippen LogP contribution in [0.15, 0.2) is 0 Å². The van der Waals surface area contributed by atoms with Gasteiger partial charge in [-0.15, -0.1) is 0 Å². The Morgan fingerprint density at radius 1 is 0.333 bits per heavy atom. The summed E-state index contributed by atoms with van der Waals surface area (Å²) in [7, 11) is 0. The Bertz CT molecular complexity index is 3.90. The van der Waals surface area contributed by atoms with Crippen LogP contribution in [0.25, 0.3) is 0 Å². The number of hydrogen-bond donors (Lipinski definition) is 0. The molecule has 0 fully saturated rings. The van der Waals surface area contributed by atoms with Crippen LogP contribution in [0.5, 0.6) is 0 Å². The maximum Gasteiger partial charge on any atom is 5.00 e. The molecule has 6 heavy (non-hydrogen) atoms. The molecule has 0 aromatic carbocycles. The first-order valence-electron chi connectivity index (χ1n) is 0. The molecule has 0 aromatic rings. The van der Waals surface area contributed by atoms with Gasteiger partial charge >= 0.3 is 110 Å². The van der Waals surface area contributed by atoms with Crippen molar-refractivity contribution in [2.75, 3.05) is 0 Å². The van der Waals surface area contributed by atoms with Crippen LogP contribution < -0.4 is 0 Å². The van der Waals surface area contributed by atoms with E-state index in [4.69, 9.17) is 0 Å². The topological polar surface area (TPSA) is 0 Å². The fourth-order valence-electron chi connectivity index (χ4n) is 0. The van der Waals surface area contributed by atoms with Crippen LogP contribution in [0.3, 0.4) is 0 Å². The van der Waals surface area contributed by atoms with Crippen LogP contribution in [0.4, 0.5) is 0 Å². The van der Waals surface area contributed by atoms with Crippen molar-refractivity contribution in [1.29, 1.82) is 0 Å². The molecule has 0 bridgehead atoms. The third kappa shape index (κ3) is 26.0. The Hall–Kier alpha value is 3.45. The van der Waals surface area contributed by atoms with Gasteiger partial charge in [0.2, 0.25) is 0 Å². The molecule has 6 heteroatoms. The average molecular weight is 481 g/mol. The molecule has 0 heterocycles. The molecule has 0 aliphatic heterocycles. The van der Waals surface area contributed by atoms with Crippen molar-refractivity contribution in [3.8, 4) is 0 Å². The summed E-state index contributed by atoms with van der Waals surface area (Å²) in [5.41, 5.74) is 0. The Morgan fingerprint density at radius 3 is 0.333 bits per heavy atom. The molecule has 0 saturated carbocycles. The van der Waals surface area contributed by atoms with Crippen molar-refractivity contribution in [2.45, 2.75) is 0 Å². The van der Waals surface area contributed by atoms with E-state index in [1.807, 2.05) is 0 Å². The Balaban J connectivity index is 0. The zero-order valence-corrected chi connectivity index (χ0v) is 2.65. The molecule has 0 nitrogen and oxygen atoms in total. The van der Waals surface area contributed by atoms with Gasteiger partial charge in [-0.05, 0) is 0 Å². The molecule has 0 aliphatic rings. The van der Waals surface area contributed by atoms with Gasteiger partial charge in [0.15, 0.2) is 0 Å². The van der Waals surface area contributed by atoms with E-state index in [0.717, 1.165) is 0 Å². The van der Waals surface area contributed by atoms with Crippen LogP contribution in [0.2, 0.25) is 0 Å². The summed E-state index contributed by atoms with van der Waals surface area (Å²) in [4.78, 5) is 0. The maximum atomic E-state index is 0. The quantitative estimate of drug-likeness (QED) is 0.302. The van der Waals surface area contributed by atoms with Gasteiger partial charge in [-0.1, -0.05) is 0 Å². The molecule has 50 valence electrons. The van der Waals surface area contributed by atoms with Gasteiger partial charge in [-0.3, -0.25) is 0 Å². The standard InChI is InChI=1S/5GeH5.Nb/h5*1H5;/q5*-1;+5. The number of hydrogen-bond acceptors (Lipinski definition) is 0. The predicted octanol–water partition coefficient (Wildman–Crippen LogP) is -8.60. The van der Waals surface area contributed by atoms with Crippen LogP contribution in [0.1, 0.15) is 0 Å². The Kier molecular flexibility index (Phi) is 372. The molecule has 0 N–H and O–H groups in total. The molecule has 0 aromatic heterocycles. The van der Waals surface area contributed by atoms with E-state index in [9.17, 15) is 0 Å². The molecule has 0 amide bonds. The summed E-state index contributed by atoms with van der Waals surface area (Å²) >= 11 is 0. The van der Waals surface area contributed by atoms with Gasteiger partial charge < -0.3 is 0 Å². The van der Waals surface area contributed by atoms with Gasteiger partial charge in [0.05, 0.1) is 0 Å². The summed E-state index contributed by atoms with van der Waals surface area (Å²) in [6.07, 6.45) is 0. The van der Waals surface area contributed by atoms with E-state index in [-0.39, 0.29) is 110 Å². The third-order valence-corrected chi connectivity index (χ3v) is 0. The third-order valence-electron chi connectivity index (χ3n) is 0. The van der Waals surface area contributed by atoms with E-state index in [1.165, 1.54) is 0 Å². The summed E-state index contributed by atoms with van der Waals surface area (Å²) in [5.74, 6) is 0. The number of rotatable bonds is 0. The normalized spacial score (nSPS) is 0. The fraction of sp³-hybridized carbons (Fsp3) is 0. The molecular formula is H25Ge5Nb. The van der Waals surface area contributed by atoms with Gasteiger partial charge in [0, 0.05) is 0 Å². The molecule has 0 saturated heterocycles. The largest absolute Gasteiger partial charge is 5.00 e. The van der Waals surface area contributed by atoms with Crippen LogP contribution >= 0.6 is 0 Å². The van der Waals surface area contributed by atoms with E-state index < -0.39 is 0 Å². The Labute approximate surface area is 108 Å². The second kappa shape index (κ2) is 39.4. The summed E-state index contributed by atoms with van der Waals surface area (Å²) in [6.45, 7) is 0. The summed E-state index contributed by atoms with van der Waals surface area (Å²) in [5, 5.41) is 0. The Morgan fingerprint density at radius 2 is 0.333 bits per heavy atom. The van der Waals surface area contributed by atoms with Crippen molar-refractivity contribution in [2.24, 2.45) is 0 Å². The van der Waals surface area contributed by atoms with Crippen molar-refractivity contribution >= 4 is 88.0 Å². The second-order valence-electron chi connectivity index (χ2n) is 0. The molecular weight excluding hydrogens is 456 g/mol. The van der Waals surface area contributed by atoms with Gasteiger partial charge in [-0.2, -0.15) is 0 Å². The summed E-state index contributed by atoms with van der Waals surface area (Å²) in [6, 6.07) is 0. The van der Waals surface area contributed by atoms with Gasteiger partial charge in [0.25, 0.3) is 0 Å². The average Bonchev–Trinajstić information content (AvgIpc) is 0. The molecule has 0 aliphatic carbocycles. The SMILES string of the molecule is [GeH5-].[GeH5-].[GeH5-].[GeH5-].[GeH5-].[Nb+5]. The predicted molar refractivity (Wildman–Crippen MR) is 63.6 cm³/mol. The monoisotopic (exact) mass is 488 g/mol. The van der Waals surface area contributed by atoms with Crippen molar-refractivity contribution in [3.05, 3.63) is 0 Å².